The number of halogens is 5. The first-order valence-electron chi connectivity index (χ1n) is 9.24. The van der Waals surface area contributed by atoms with Crippen molar-refractivity contribution in [3.63, 3.8) is 0 Å². The van der Waals surface area contributed by atoms with E-state index in [1.54, 1.807) is 6.08 Å². The predicted molar refractivity (Wildman–Crippen MR) is 105 cm³/mol. The smallest absolute Gasteiger partial charge is 0.395 e. The summed E-state index contributed by atoms with van der Waals surface area (Å²) in [5, 5.41) is 4.27. The highest BCUT2D eigenvalue weighted by molar-refractivity contribution is 7.11. The molecule has 0 bridgehead atoms. The number of ether oxygens (including phenoxy) is 3. The molecule has 2 N–H and O–H groups in total. The molecular formula is C19H11F5N4O4S. The molecule has 3 aromatic rings. The molecule has 1 unspecified atom stereocenters. The summed E-state index contributed by atoms with van der Waals surface area (Å²) in [6, 6.07) is 2.50. The molecule has 8 nitrogen and oxygen atoms in total. The van der Waals surface area contributed by atoms with E-state index in [9.17, 15) is 26.7 Å². The Bertz CT molecular complexity index is 1270. The Morgan fingerprint density at radius 2 is 2.00 bits per heavy atom. The molecule has 2 aliphatic rings. The molecule has 14 heteroatoms. The summed E-state index contributed by atoms with van der Waals surface area (Å²) in [5.41, 5.74) is 0.974. The molecule has 0 saturated carbocycles. The van der Waals surface area contributed by atoms with Crippen LogP contribution in [-0.4, -0.2) is 39.6 Å². The van der Waals surface area contributed by atoms with E-state index in [0.29, 0.717) is 16.1 Å². The van der Waals surface area contributed by atoms with Crippen LogP contribution in [0.4, 0.5) is 27.9 Å². The van der Waals surface area contributed by atoms with Gasteiger partial charge < -0.3 is 14.5 Å². The van der Waals surface area contributed by atoms with E-state index in [2.05, 4.69) is 34.5 Å². The molecule has 0 saturated heterocycles. The van der Waals surface area contributed by atoms with Gasteiger partial charge in [-0.2, -0.15) is 0 Å². The molecule has 1 aliphatic heterocycles. The van der Waals surface area contributed by atoms with E-state index < -0.39 is 24.7 Å². The van der Waals surface area contributed by atoms with Gasteiger partial charge in [0.1, 0.15) is 10.7 Å². The van der Waals surface area contributed by atoms with Gasteiger partial charge in [-0.3, -0.25) is 14.8 Å². The number of aromatic nitrogens is 3. The van der Waals surface area contributed by atoms with E-state index in [4.69, 9.17) is 0 Å². The number of alkyl halides is 5. The number of carbonyl (C=O) groups is 1. The summed E-state index contributed by atoms with van der Waals surface area (Å²) in [7, 11) is 0. The summed E-state index contributed by atoms with van der Waals surface area (Å²) < 4.78 is 76.5. The molecule has 2 aromatic heterocycles. The zero-order valence-electron chi connectivity index (χ0n) is 16.1. The van der Waals surface area contributed by atoms with Crippen LogP contribution in [0, 0.1) is 0 Å². The molecule has 0 fully saturated rings. The summed E-state index contributed by atoms with van der Waals surface area (Å²) in [6.45, 7) is 0. The predicted octanol–water partition coefficient (Wildman–Crippen LogP) is 4.84. The first-order chi connectivity index (χ1) is 15.5. The van der Waals surface area contributed by atoms with Crippen molar-refractivity contribution in [2.45, 2.75) is 25.2 Å². The number of benzene rings is 1. The second kappa shape index (κ2) is 7.52. The number of thiazole rings is 1. The summed E-state index contributed by atoms with van der Waals surface area (Å²) in [6.07, 6.45) is -5.23. The lowest BCUT2D eigenvalue weighted by Crippen LogP contribution is -2.25. The monoisotopic (exact) mass is 486 g/mol. The minimum absolute atomic E-state index is 0.0115. The van der Waals surface area contributed by atoms with Crippen LogP contribution in [0.5, 0.6) is 11.5 Å². The molecular weight excluding hydrogens is 475 g/mol. The minimum atomic E-state index is -4.77. The highest BCUT2D eigenvalue weighted by atomic mass is 32.1. The van der Waals surface area contributed by atoms with Crippen molar-refractivity contribution < 1.29 is 41.0 Å². The van der Waals surface area contributed by atoms with Gasteiger partial charge in [0.25, 0.3) is 5.91 Å². The highest BCUT2D eigenvalue weighted by Crippen LogP contribution is 2.43. The second-order valence-electron chi connectivity index (χ2n) is 6.92. The number of fused-ring (bicyclic) bond motifs is 2. The van der Waals surface area contributed by atoms with Crippen LogP contribution in [0.25, 0.3) is 16.6 Å². The molecule has 172 valence electrons. The third-order valence-corrected chi connectivity index (χ3v) is 5.43. The molecule has 1 aliphatic carbocycles. The Kier molecular flexibility index (Phi) is 4.86. The average Bonchev–Trinajstić information content (AvgIpc) is 3.39. The molecule has 1 aromatic carbocycles. The van der Waals surface area contributed by atoms with Crippen LogP contribution >= 0.6 is 11.3 Å². The fourth-order valence-electron chi connectivity index (χ4n) is 3.24. The van der Waals surface area contributed by atoms with Gasteiger partial charge in [-0.25, -0.2) is 9.97 Å². The van der Waals surface area contributed by atoms with Crippen LogP contribution in [0.1, 0.15) is 21.9 Å². The SMILES string of the molecule is O=C(Nc1nc2cc3c(cc2[nH]1)OC(F)(F)O3)c1csc(C2=CC(OC(F)(F)F)CC=C2)n1. The number of allylic oxidation sites excluding steroid dienone is 2. The van der Waals surface area contributed by atoms with Crippen molar-refractivity contribution in [2.24, 2.45) is 0 Å². The van der Waals surface area contributed by atoms with Crippen molar-refractivity contribution in [2.75, 3.05) is 5.32 Å². The van der Waals surface area contributed by atoms with Gasteiger partial charge in [0.05, 0.1) is 17.1 Å². The Hall–Kier alpha value is -3.52. The van der Waals surface area contributed by atoms with Gasteiger partial charge in [-0.1, -0.05) is 12.2 Å². The number of nitrogens with one attached hydrogen (secondary N) is 2. The topological polar surface area (TPSA) is 98.4 Å². The summed E-state index contributed by atoms with van der Waals surface area (Å²) >= 11 is 1.07. The number of nitrogens with zero attached hydrogens (tertiary/aromatic N) is 2. The quantitative estimate of drug-likeness (QED) is 0.512. The third kappa shape index (κ3) is 4.52. The number of carbonyl (C=O) groups excluding carboxylic acids is 1. The van der Waals surface area contributed by atoms with Crippen LogP contribution in [0.2, 0.25) is 0 Å². The zero-order valence-corrected chi connectivity index (χ0v) is 16.9. The van der Waals surface area contributed by atoms with Gasteiger partial charge >= 0.3 is 12.7 Å². The first kappa shape index (κ1) is 21.3. The maximum atomic E-state index is 13.2. The highest BCUT2D eigenvalue weighted by Gasteiger charge is 2.43. The Morgan fingerprint density at radius 3 is 2.76 bits per heavy atom. The van der Waals surface area contributed by atoms with Gasteiger partial charge in [0, 0.05) is 23.1 Å². The van der Waals surface area contributed by atoms with Crippen LogP contribution in [0.15, 0.2) is 35.7 Å². The summed E-state index contributed by atoms with van der Waals surface area (Å²) in [5.74, 6) is -0.982. The number of H-pyrrole nitrogens is 1. The van der Waals surface area contributed by atoms with E-state index >= 15 is 0 Å². The molecule has 5 rings (SSSR count). The minimum Gasteiger partial charge on any atom is -0.395 e. The third-order valence-electron chi connectivity index (χ3n) is 4.54. The van der Waals surface area contributed by atoms with E-state index in [1.807, 2.05) is 0 Å². The second-order valence-corrected chi connectivity index (χ2v) is 7.78. The van der Waals surface area contributed by atoms with Crippen LogP contribution in [0.3, 0.4) is 0 Å². The lowest BCUT2D eigenvalue weighted by atomic mass is 10.1. The number of aromatic amines is 1. The van der Waals surface area contributed by atoms with Crippen LogP contribution < -0.4 is 14.8 Å². The van der Waals surface area contributed by atoms with Crippen LogP contribution in [-0.2, 0) is 4.74 Å². The standard InChI is InChI=1S/C19H11F5N4O4S/c20-18(21,22)30-9-3-1-2-8(4-9)16-25-12(7-33-16)15(29)28-17-26-10-5-13-14(6-11(10)27-17)32-19(23,24)31-13/h1-2,4-7,9H,3H2,(H2,26,27,28,29). The van der Waals surface area contributed by atoms with Crippen molar-refractivity contribution in [3.05, 3.63) is 46.4 Å². The number of hydrogen-bond acceptors (Lipinski definition) is 7. The lowest BCUT2D eigenvalue weighted by Gasteiger charge is -2.18. The molecule has 33 heavy (non-hydrogen) atoms. The molecule has 1 atom stereocenters. The summed E-state index contributed by atoms with van der Waals surface area (Å²) in [4.78, 5) is 23.6. The van der Waals surface area contributed by atoms with E-state index in [-0.39, 0.29) is 35.1 Å². The molecule has 0 radical (unpaired) electrons. The first-order valence-corrected chi connectivity index (χ1v) is 10.1. The van der Waals surface area contributed by atoms with E-state index in [0.717, 1.165) is 11.3 Å². The molecule has 0 spiro atoms. The fourth-order valence-corrected chi connectivity index (χ4v) is 4.05. The van der Waals surface area contributed by atoms with Gasteiger partial charge in [0.15, 0.2) is 11.5 Å². The number of anilines is 1. The molecule has 3 heterocycles. The average molecular weight is 486 g/mol. The number of rotatable bonds is 4. The maximum Gasteiger partial charge on any atom is 0.586 e. The van der Waals surface area contributed by atoms with E-state index in [1.165, 1.54) is 29.7 Å². The Balaban J connectivity index is 1.30. The molecule has 1 amide bonds. The number of hydrogen-bond donors (Lipinski definition) is 2. The normalized spacial score (nSPS) is 19.1. The van der Waals surface area contributed by atoms with Gasteiger partial charge in [-0.05, 0) is 12.5 Å². The van der Waals surface area contributed by atoms with Crippen molar-refractivity contribution in [1.82, 2.24) is 15.0 Å². The van der Waals surface area contributed by atoms with Gasteiger partial charge in [-0.15, -0.1) is 33.3 Å². The Morgan fingerprint density at radius 1 is 1.24 bits per heavy atom. The fraction of sp³-hybridized carbons (Fsp3) is 0.211. The van der Waals surface area contributed by atoms with Crippen molar-refractivity contribution in [1.29, 1.82) is 0 Å². The largest absolute Gasteiger partial charge is 0.586 e. The number of imidazole rings is 1. The van der Waals surface area contributed by atoms with Crippen molar-refractivity contribution in [3.8, 4) is 11.5 Å². The number of amides is 1. The zero-order chi connectivity index (χ0) is 23.4. The maximum absolute atomic E-state index is 13.2. The van der Waals surface area contributed by atoms with Crippen molar-refractivity contribution >= 4 is 39.8 Å². The Labute approximate surface area is 184 Å². The van der Waals surface area contributed by atoms with Gasteiger partial charge in [0.2, 0.25) is 5.95 Å². The lowest BCUT2D eigenvalue weighted by molar-refractivity contribution is -0.335.